The Bertz CT molecular complexity index is 424. The molecule has 0 aliphatic heterocycles. The number of carbonyl (C=O) groups excluding carboxylic acids is 1. The van der Waals surface area contributed by atoms with Crippen molar-refractivity contribution in [2.75, 3.05) is 18.5 Å². The minimum atomic E-state index is -0.123. The van der Waals surface area contributed by atoms with E-state index in [1.807, 2.05) is 0 Å². The smallest absolute Gasteiger partial charge is 0.257 e. The predicted octanol–water partition coefficient (Wildman–Crippen LogP) is 3.65. The van der Waals surface area contributed by atoms with Crippen molar-refractivity contribution in [3.8, 4) is 5.75 Å². The van der Waals surface area contributed by atoms with Crippen LogP contribution in [0.4, 0.5) is 0 Å². The van der Waals surface area contributed by atoms with Crippen LogP contribution in [0, 0.1) is 5.41 Å². The number of carbonyl (C=O) groups is 1. The topological polar surface area (TPSA) is 38.3 Å². The van der Waals surface area contributed by atoms with Gasteiger partial charge in [0.15, 0.2) is 6.61 Å². The summed E-state index contributed by atoms with van der Waals surface area (Å²) < 4.78 is 5.37. The molecule has 19 heavy (non-hydrogen) atoms. The maximum absolute atomic E-state index is 11.7. The Kier molecular flexibility index (Phi) is 6.66. The fraction of sp³-hybridized carbons (Fsp3) is 0.500. The summed E-state index contributed by atoms with van der Waals surface area (Å²) in [5.41, 5.74) is 0.0786. The van der Waals surface area contributed by atoms with Crippen molar-refractivity contribution in [3.05, 3.63) is 29.3 Å². The molecule has 5 heteroatoms. The minimum Gasteiger partial charge on any atom is -0.484 e. The number of hydrogen-bond donors (Lipinski definition) is 1. The summed E-state index contributed by atoms with van der Waals surface area (Å²) >= 11 is 9.24. The largest absolute Gasteiger partial charge is 0.484 e. The molecule has 0 saturated heterocycles. The zero-order chi connectivity index (χ0) is 14.3. The van der Waals surface area contributed by atoms with Crippen LogP contribution in [0.1, 0.15) is 20.3 Å². The fourth-order valence-corrected chi connectivity index (χ4v) is 2.69. The summed E-state index contributed by atoms with van der Waals surface area (Å²) in [5.74, 6) is 0.477. The summed E-state index contributed by atoms with van der Waals surface area (Å²) in [6.45, 7) is 4.87. The lowest BCUT2D eigenvalue weighted by Gasteiger charge is -2.23. The number of ether oxygens (including phenoxy) is 1. The van der Waals surface area contributed by atoms with Gasteiger partial charge in [0.05, 0.1) is 0 Å². The summed E-state index contributed by atoms with van der Waals surface area (Å²) in [4.78, 5) is 11.7. The van der Waals surface area contributed by atoms with E-state index in [0.29, 0.717) is 17.3 Å². The maximum Gasteiger partial charge on any atom is 0.257 e. The summed E-state index contributed by atoms with van der Waals surface area (Å²) in [6.07, 6.45) is 1.00. The van der Waals surface area contributed by atoms with E-state index in [1.165, 1.54) is 0 Å². The summed E-state index contributed by atoms with van der Waals surface area (Å²) in [5, 5.41) is 4.39. The van der Waals surface area contributed by atoms with Crippen molar-refractivity contribution in [3.63, 3.8) is 0 Å². The molecular weight excluding hydrogens is 330 g/mol. The number of hydrogen-bond acceptors (Lipinski definition) is 2. The lowest BCUT2D eigenvalue weighted by atomic mass is 9.90. The van der Waals surface area contributed by atoms with Crippen molar-refractivity contribution in [2.24, 2.45) is 5.41 Å². The maximum atomic E-state index is 11.7. The van der Waals surface area contributed by atoms with E-state index in [0.717, 1.165) is 11.8 Å². The number of benzene rings is 1. The molecule has 0 aliphatic rings. The first-order valence-corrected chi connectivity index (χ1v) is 7.64. The quantitative estimate of drug-likeness (QED) is 0.764. The number of halogens is 2. The molecule has 1 aromatic rings. The summed E-state index contributed by atoms with van der Waals surface area (Å²) in [7, 11) is 0. The van der Waals surface area contributed by atoms with E-state index >= 15 is 0 Å². The van der Waals surface area contributed by atoms with E-state index in [2.05, 4.69) is 35.1 Å². The van der Waals surface area contributed by atoms with E-state index in [1.54, 1.807) is 24.3 Å². The normalized spacial score (nSPS) is 11.2. The lowest BCUT2D eigenvalue weighted by molar-refractivity contribution is -0.123. The first-order valence-electron chi connectivity index (χ1n) is 6.14. The number of alkyl halides is 1. The Morgan fingerprint density at radius 1 is 1.47 bits per heavy atom. The van der Waals surface area contributed by atoms with Gasteiger partial charge in [0, 0.05) is 16.9 Å². The molecule has 0 saturated carbocycles. The van der Waals surface area contributed by atoms with Crippen molar-refractivity contribution in [1.29, 1.82) is 0 Å². The Balaban J connectivity index is 2.32. The molecule has 0 unspecified atom stereocenters. The van der Waals surface area contributed by atoms with Crippen LogP contribution in [0.15, 0.2) is 24.3 Å². The molecule has 1 N–H and O–H groups in total. The lowest BCUT2D eigenvalue weighted by Crippen LogP contribution is -2.36. The average molecular weight is 349 g/mol. The molecule has 0 bridgehead atoms. The van der Waals surface area contributed by atoms with Gasteiger partial charge in [0.25, 0.3) is 5.91 Å². The van der Waals surface area contributed by atoms with E-state index in [4.69, 9.17) is 16.3 Å². The third kappa shape index (κ3) is 6.83. The van der Waals surface area contributed by atoms with Crippen LogP contribution in [0.5, 0.6) is 5.75 Å². The third-order valence-corrected chi connectivity index (χ3v) is 3.33. The van der Waals surface area contributed by atoms with Crippen LogP contribution in [-0.4, -0.2) is 24.4 Å². The molecule has 0 aromatic heterocycles. The molecule has 0 atom stereocenters. The Morgan fingerprint density at radius 2 is 2.21 bits per heavy atom. The predicted molar refractivity (Wildman–Crippen MR) is 82.1 cm³/mol. The first kappa shape index (κ1) is 16.3. The van der Waals surface area contributed by atoms with Crippen LogP contribution in [0.2, 0.25) is 5.02 Å². The zero-order valence-electron chi connectivity index (χ0n) is 11.2. The van der Waals surface area contributed by atoms with Crippen molar-refractivity contribution in [2.45, 2.75) is 20.3 Å². The highest BCUT2D eigenvalue weighted by atomic mass is 79.9. The van der Waals surface area contributed by atoms with Gasteiger partial charge in [-0.2, -0.15) is 0 Å². The van der Waals surface area contributed by atoms with Gasteiger partial charge in [0.2, 0.25) is 0 Å². The number of rotatable bonds is 7. The summed E-state index contributed by atoms with van der Waals surface area (Å²) in [6, 6.07) is 7.00. The van der Waals surface area contributed by atoms with Crippen molar-refractivity contribution >= 4 is 33.4 Å². The Labute approximate surface area is 127 Å². The average Bonchev–Trinajstić information content (AvgIpc) is 2.34. The second-order valence-corrected chi connectivity index (χ2v) is 6.36. The number of amides is 1. The number of nitrogens with one attached hydrogen (secondary N) is 1. The van der Waals surface area contributed by atoms with Gasteiger partial charge in [-0.05, 0) is 30.0 Å². The van der Waals surface area contributed by atoms with Gasteiger partial charge in [-0.3, -0.25) is 4.79 Å². The molecule has 0 aliphatic carbocycles. The molecule has 0 spiro atoms. The molecule has 3 nitrogen and oxygen atoms in total. The van der Waals surface area contributed by atoms with Crippen LogP contribution in [0.3, 0.4) is 0 Å². The standard InChI is InChI=1S/C14H19BrClNO2/c1-14(2,6-7-15)10-17-13(18)9-19-12-5-3-4-11(16)8-12/h3-5,8H,6-7,9-10H2,1-2H3,(H,17,18). The highest BCUT2D eigenvalue weighted by molar-refractivity contribution is 9.09. The van der Waals surface area contributed by atoms with Gasteiger partial charge in [-0.1, -0.05) is 47.4 Å². The van der Waals surface area contributed by atoms with Crippen molar-refractivity contribution in [1.82, 2.24) is 5.32 Å². The SMILES string of the molecule is CC(C)(CCBr)CNC(=O)COc1cccc(Cl)c1. The highest BCUT2D eigenvalue weighted by Gasteiger charge is 2.17. The Hall–Kier alpha value is -0.740. The Morgan fingerprint density at radius 3 is 2.84 bits per heavy atom. The van der Waals surface area contributed by atoms with E-state index in [-0.39, 0.29) is 17.9 Å². The fourth-order valence-electron chi connectivity index (χ4n) is 1.44. The van der Waals surface area contributed by atoms with Crippen LogP contribution >= 0.6 is 27.5 Å². The van der Waals surface area contributed by atoms with Crippen molar-refractivity contribution < 1.29 is 9.53 Å². The molecule has 0 heterocycles. The van der Waals surface area contributed by atoms with Gasteiger partial charge in [-0.25, -0.2) is 0 Å². The zero-order valence-corrected chi connectivity index (χ0v) is 13.6. The van der Waals surface area contributed by atoms with Crippen LogP contribution in [-0.2, 0) is 4.79 Å². The first-order chi connectivity index (χ1) is 8.93. The monoisotopic (exact) mass is 347 g/mol. The molecular formula is C14H19BrClNO2. The van der Waals surface area contributed by atoms with Crippen LogP contribution in [0.25, 0.3) is 0 Å². The van der Waals surface area contributed by atoms with Crippen LogP contribution < -0.4 is 10.1 Å². The van der Waals surface area contributed by atoms with Gasteiger partial charge >= 0.3 is 0 Å². The van der Waals surface area contributed by atoms with Gasteiger partial charge in [-0.15, -0.1) is 0 Å². The second kappa shape index (κ2) is 7.75. The molecule has 0 radical (unpaired) electrons. The van der Waals surface area contributed by atoms with E-state index < -0.39 is 0 Å². The molecule has 1 aromatic carbocycles. The third-order valence-electron chi connectivity index (χ3n) is 2.70. The molecule has 106 valence electrons. The van der Waals surface area contributed by atoms with E-state index in [9.17, 15) is 4.79 Å². The molecule has 1 amide bonds. The minimum absolute atomic E-state index is 0.00470. The second-order valence-electron chi connectivity index (χ2n) is 5.13. The highest BCUT2D eigenvalue weighted by Crippen LogP contribution is 2.20. The molecule has 1 rings (SSSR count). The molecule has 0 fully saturated rings. The van der Waals surface area contributed by atoms with Gasteiger partial charge in [0.1, 0.15) is 5.75 Å². The van der Waals surface area contributed by atoms with Gasteiger partial charge < -0.3 is 10.1 Å².